The molecule has 7 rings (SSSR count). The van der Waals surface area contributed by atoms with Crippen molar-refractivity contribution in [3.63, 3.8) is 0 Å². The summed E-state index contributed by atoms with van der Waals surface area (Å²) >= 11 is 1.51. The molecule has 0 saturated heterocycles. The van der Waals surface area contributed by atoms with Crippen molar-refractivity contribution >= 4 is 29.4 Å². The summed E-state index contributed by atoms with van der Waals surface area (Å²) in [5.74, 6) is 1.63. The van der Waals surface area contributed by atoms with Gasteiger partial charge in [-0.1, -0.05) is 60.7 Å². The molecule has 0 saturated carbocycles. The minimum atomic E-state index is -0.291. The fraction of sp³-hybridized carbons (Fsp3) is 0.176. The fourth-order valence-corrected chi connectivity index (χ4v) is 6.72. The van der Waals surface area contributed by atoms with Crippen LogP contribution in [0.25, 0.3) is 16.9 Å². The summed E-state index contributed by atoms with van der Waals surface area (Å²) in [5, 5.41) is 7.84. The normalized spacial score (nSPS) is 15.5. The van der Waals surface area contributed by atoms with Crippen LogP contribution in [0.1, 0.15) is 27.6 Å². The van der Waals surface area contributed by atoms with Gasteiger partial charge < -0.3 is 14.8 Å². The van der Waals surface area contributed by atoms with Gasteiger partial charge in [0, 0.05) is 17.3 Å². The average molecular weight is 604 g/mol. The molecule has 44 heavy (non-hydrogen) atoms. The van der Waals surface area contributed by atoms with Crippen molar-refractivity contribution in [1.82, 2.24) is 20.1 Å². The van der Waals surface area contributed by atoms with E-state index in [-0.39, 0.29) is 42.7 Å². The van der Waals surface area contributed by atoms with Gasteiger partial charge in [0.2, 0.25) is 18.6 Å². The third kappa shape index (κ3) is 5.28. The molecule has 1 atom stereocenters. The summed E-state index contributed by atoms with van der Waals surface area (Å²) in [4.78, 5) is 33.3. The predicted octanol–water partition coefficient (Wildman–Crippen LogP) is 5.46. The van der Waals surface area contributed by atoms with Crippen molar-refractivity contribution in [3.05, 3.63) is 120 Å². The maximum absolute atomic E-state index is 14.0. The molecule has 1 N–H and O–H groups in total. The van der Waals surface area contributed by atoms with E-state index in [1.807, 2.05) is 103 Å². The van der Waals surface area contributed by atoms with Crippen LogP contribution in [0.4, 0.5) is 5.82 Å². The Morgan fingerprint density at radius 1 is 0.977 bits per heavy atom. The van der Waals surface area contributed by atoms with Crippen molar-refractivity contribution < 1.29 is 19.1 Å². The van der Waals surface area contributed by atoms with Gasteiger partial charge in [-0.3, -0.25) is 19.5 Å². The van der Waals surface area contributed by atoms with E-state index in [0.29, 0.717) is 17.3 Å². The number of rotatable bonds is 7. The van der Waals surface area contributed by atoms with Gasteiger partial charge in [-0.25, -0.2) is 4.68 Å². The molecular formula is C34H29N5O4S. The van der Waals surface area contributed by atoms with E-state index >= 15 is 0 Å². The lowest BCUT2D eigenvalue weighted by Crippen LogP contribution is -2.42. The van der Waals surface area contributed by atoms with Crippen molar-refractivity contribution in [3.8, 4) is 28.4 Å². The monoisotopic (exact) mass is 603 g/mol. The number of amides is 2. The van der Waals surface area contributed by atoms with Gasteiger partial charge in [-0.2, -0.15) is 5.10 Å². The summed E-state index contributed by atoms with van der Waals surface area (Å²) in [6.07, 6.45) is 1.69. The number of para-hydroxylation sites is 1. The van der Waals surface area contributed by atoms with Crippen LogP contribution in [-0.4, -0.2) is 45.7 Å². The molecule has 10 heteroatoms. The highest BCUT2D eigenvalue weighted by Crippen LogP contribution is 2.50. The molecule has 4 heterocycles. The topological polar surface area (TPSA) is 98.6 Å². The van der Waals surface area contributed by atoms with Crippen LogP contribution in [0.5, 0.6) is 11.5 Å². The first-order chi connectivity index (χ1) is 21.6. The Balaban J connectivity index is 1.40. The van der Waals surface area contributed by atoms with Crippen LogP contribution in [-0.2, 0) is 16.1 Å². The highest BCUT2D eigenvalue weighted by atomic mass is 32.2. The molecule has 2 aliphatic heterocycles. The predicted molar refractivity (Wildman–Crippen MR) is 169 cm³/mol. The first-order valence-electron chi connectivity index (χ1n) is 14.3. The third-order valence-corrected chi connectivity index (χ3v) is 8.93. The van der Waals surface area contributed by atoms with Crippen molar-refractivity contribution in [2.45, 2.75) is 18.7 Å². The Hall–Kier alpha value is -5.09. The van der Waals surface area contributed by atoms with Gasteiger partial charge in [0.25, 0.3) is 0 Å². The molecule has 0 bridgehead atoms. The van der Waals surface area contributed by atoms with E-state index in [1.54, 1.807) is 11.1 Å². The molecule has 2 amide bonds. The molecule has 9 nitrogen and oxygen atoms in total. The Labute approximate surface area is 258 Å². The van der Waals surface area contributed by atoms with E-state index in [2.05, 4.69) is 10.3 Å². The summed E-state index contributed by atoms with van der Waals surface area (Å²) in [6, 6.07) is 29.3. The maximum Gasteiger partial charge on any atom is 0.240 e. The van der Waals surface area contributed by atoms with E-state index in [0.717, 1.165) is 39.3 Å². The largest absolute Gasteiger partial charge is 0.454 e. The number of fused-ring (bicyclic) bond motifs is 2. The number of benzene rings is 3. The molecule has 5 aromatic rings. The second-order valence-electron chi connectivity index (χ2n) is 10.5. The van der Waals surface area contributed by atoms with E-state index in [9.17, 15) is 9.59 Å². The molecule has 0 spiro atoms. The molecule has 2 aromatic heterocycles. The third-order valence-electron chi connectivity index (χ3n) is 7.67. The van der Waals surface area contributed by atoms with Gasteiger partial charge in [-0.15, -0.1) is 11.8 Å². The van der Waals surface area contributed by atoms with E-state index in [1.165, 1.54) is 11.8 Å². The zero-order chi connectivity index (χ0) is 30.0. The fourth-order valence-electron chi connectivity index (χ4n) is 5.53. The number of anilines is 1. The molecule has 0 aliphatic carbocycles. The second kappa shape index (κ2) is 11.9. The number of carbonyl (C=O) groups excluding carboxylic acids is 2. The molecule has 3 aromatic carbocycles. The number of ether oxygens (including phenoxy) is 2. The minimum absolute atomic E-state index is 0.168. The highest BCUT2D eigenvalue weighted by Gasteiger charge is 2.38. The van der Waals surface area contributed by atoms with Crippen LogP contribution < -0.4 is 19.7 Å². The summed E-state index contributed by atoms with van der Waals surface area (Å²) < 4.78 is 13.1. The number of aromatic nitrogens is 3. The summed E-state index contributed by atoms with van der Waals surface area (Å²) in [6.45, 7) is 2.27. The van der Waals surface area contributed by atoms with Crippen molar-refractivity contribution in [2.24, 2.45) is 0 Å². The number of pyridine rings is 1. The molecule has 0 fully saturated rings. The number of nitrogens with one attached hydrogen (secondary N) is 1. The average Bonchev–Trinajstić information content (AvgIpc) is 3.66. The van der Waals surface area contributed by atoms with Crippen LogP contribution in [0, 0.1) is 6.92 Å². The van der Waals surface area contributed by atoms with Gasteiger partial charge in [-0.05, 0) is 48.4 Å². The molecule has 1 unspecified atom stereocenters. The highest BCUT2D eigenvalue weighted by molar-refractivity contribution is 8.00. The Morgan fingerprint density at radius 3 is 2.59 bits per heavy atom. The first kappa shape index (κ1) is 27.7. The lowest BCUT2D eigenvalue weighted by molar-refractivity contribution is -0.123. The smallest absolute Gasteiger partial charge is 0.240 e. The number of aryl methyl sites for hydroxylation is 1. The Morgan fingerprint density at radius 2 is 1.77 bits per heavy atom. The number of nitrogens with zero attached hydrogens (tertiary/aromatic N) is 4. The zero-order valence-corrected chi connectivity index (χ0v) is 24.8. The number of carbonyl (C=O) groups is 2. The van der Waals surface area contributed by atoms with Gasteiger partial charge in [0.15, 0.2) is 11.5 Å². The van der Waals surface area contributed by atoms with E-state index < -0.39 is 0 Å². The lowest BCUT2D eigenvalue weighted by atomic mass is 9.99. The molecule has 2 aliphatic rings. The van der Waals surface area contributed by atoms with Crippen LogP contribution in [0.2, 0.25) is 0 Å². The number of thioether (sulfide) groups is 1. The lowest BCUT2D eigenvalue weighted by Gasteiger charge is -2.23. The maximum atomic E-state index is 14.0. The van der Waals surface area contributed by atoms with Crippen molar-refractivity contribution in [2.75, 3.05) is 24.0 Å². The Kier molecular flexibility index (Phi) is 7.49. The standard InChI is InChI=1S/C34H29N5O4S/c1-22-9-5-6-13-26(22)39-34-31(32(37-39)23-10-3-2-4-11-23)33(24-14-15-27-28(17-24)43-21-42-27)44-20-30(41)38(34)19-29(40)36-18-25-12-7-8-16-35-25/h2-17,33H,18-21H2,1H3,(H,36,40). The second-order valence-corrected chi connectivity index (χ2v) is 11.6. The quantitative estimate of drug-likeness (QED) is 0.264. The van der Waals surface area contributed by atoms with Crippen molar-refractivity contribution in [1.29, 1.82) is 0 Å². The first-order valence-corrected chi connectivity index (χ1v) is 15.3. The van der Waals surface area contributed by atoms with Crippen LogP contribution in [0.15, 0.2) is 97.2 Å². The minimum Gasteiger partial charge on any atom is -0.454 e. The van der Waals surface area contributed by atoms with Crippen LogP contribution >= 0.6 is 11.8 Å². The Bertz CT molecular complexity index is 1840. The van der Waals surface area contributed by atoms with E-state index in [4.69, 9.17) is 14.6 Å². The molecule has 220 valence electrons. The van der Waals surface area contributed by atoms with Gasteiger partial charge in [0.05, 0.1) is 34.6 Å². The van der Waals surface area contributed by atoms with Crippen LogP contribution in [0.3, 0.4) is 0 Å². The SMILES string of the molecule is Cc1ccccc1-n1nc(-c2ccccc2)c2c1N(CC(=O)NCc1ccccn1)C(=O)CSC2c1ccc2c(c1)OCO2. The van der Waals surface area contributed by atoms with Gasteiger partial charge >= 0.3 is 0 Å². The summed E-state index contributed by atoms with van der Waals surface area (Å²) in [5.41, 5.74) is 6.01. The molecular weight excluding hydrogens is 574 g/mol. The summed E-state index contributed by atoms with van der Waals surface area (Å²) in [7, 11) is 0. The zero-order valence-electron chi connectivity index (χ0n) is 24.0. The molecule has 0 radical (unpaired) electrons. The van der Waals surface area contributed by atoms with Gasteiger partial charge in [0.1, 0.15) is 12.4 Å². The number of hydrogen-bond acceptors (Lipinski definition) is 7. The number of hydrogen-bond donors (Lipinski definition) is 1.